The van der Waals surface area contributed by atoms with Crippen molar-refractivity contribution in [1.82, 2.24) is 0 Å². The van der Waals surface area contributed by atoms with Gasteiger partial charge in [-0.05, 0) is 31.1 Å². The van der Waals surface area contributed by atoms with Crippen LogP contribution in [0.1, 0.15) is 37.5 Å². The van der Waals surface area contributed by atoms with E-state index < -0.39 is 5.92 Å². The van der Waals surface area contributed by atoms with Crippen LogP contribution in [0.2, 0.25) is 0 Å². The molecular weight excluding hydrogens is 242 g/mol. The van der Waals surface area contributed by atoms with E-state index in [1.807, 2.05) is 26.8 Å². The topological polar surface area (TPSA) is 0 Å². The normalized spacial score (nSPS) is 16.1. The number of alkyl halides is 2. The molecule has 0 heterocycles. The van der Waals surface area contributed by atoms with Crippen molar-refractivity contribution in [2.45, 2.75) is 33.6 Å². The van der Waals surface area contributed by atoms with Crippen LogP contribution in [0.25, 0.3) is 5.57 Å². The Morgan fingerprint density at radius 1 is 1.21 bits per heavy atom. The van der Waals surface area contributed by atoms with Gasteiger partial charge in [0.05, 0.1) is 0 Å². The van der Waals surface area contributed by atoms with Gasteiger partial charge in [0.2, 0.25) is 0 Å². The summed E-state index contributed by atoms with van der Waals surface area (Å²) in [6.07, 6.45) is 4.60. The summed E-state index contributed by atoms with van der Waals surface area (Å²) in [6.45, 7) is 11.2. The minimum atomic E-state index is -2.92. The number of halogens is 2. The van der Waals surface area contributed by atoms with Gasteiger partial charge < -0.3 is 0 Å². The lowest BCUT2D eigenvalue weighted by molar-refractivity contribution is 0.0459. The maximum Gasteiger partial charge on any atom is 0.299 e. The molecule has 0 aliphatic heterocycles. The van der Waals surface area contributed by atoms with E-state index in [2.05, 4.69) is 6.58 Å². The van der Waals surface area contributed by atoms with E-state index in [4.69, 9.17) is 0 Å². The van der Waals surface area contributed by atoms with Crippen LogP contribution in [-0.2, 0) is 5.92 Å². The molecule has 0 saturated heterocycles. The van der Waals surface area contributed by atoms with Gasteiger partial charge in [0.1, 0.15) is 0 Å². The van der Waals surface area contributed by atoms with Crippen LogP contribution in [0, 0.1) is 6.92 Å². The summed E-state index contributed by atoms with van der Waals surface area (Å²) in [5.41, 5.74) is 2.08. The highest BCUT2D eigenvalue weighted by Crippen LogP contribution is 2.49. The summed E-state index contributed by atoms with van der Waals surface area (Å²) >= 11 is 0. The Kier molecular flexibility index (Phi) is 4.82. The van der Waals surface area contributed by atoms with Gasteiger partial charge in [-0.1, -0.05) is 56.4 Å². The van der Waals surface area contributed by atoms with Crippen LogP contribution in [0.4, 0.5) is 8.78 Å². The molecule has 0 nitrogen and oxygen atoms in total. The second-order valence-corrected chi connectivity index (χ2v) is 4.15. The van der Waals surface area contributed by atoms with Crippen molar-refractivity contribution in [3.63, 3.8) is 0 Å². The Morgan fingerprint density at radius 3 is 2.37 bits per heavy atom. The van der Waals surface area contributed by atoms with Gasteiger partial charge in [0.25, 0.3) is 5.92 Å². The van der Waals surface area contributed by atoms with E-state index >= 15 is 0 Å². The van der Waals surface area contributed by atoms with Gasteiger partial charge >= 0.3 is 0 Å². The molecule has 1 aliphatic carbocycles. The van der Waals surface area contributed by atoms with E-state index in [9.17, 15) is 8.78 Å². The first-order valence-electron chi connectivity index (χ1n) is 6.51. The van der Waals surface area contributed by atoms with Crippen LogP contribution in [0.5, 0.6) is 0 Å². The molecule has 0 saturated carbocycles. The molecule has 102 valence electrons. The molecule has 19 heavy (non-hydrogen) atoms. The number of fused-ring (bicyclic) bond motifs is 1. The second kappa shape index (κ2) is 5.96. The molecule has 0 fully saturated rings. The van der Waals surface area contributed by atoms with Crippen LogP contribution in [-0.4, -0.2) is 0 Å². The highest BCUT2D eigenvalue weighted by Gasteiger charge is 2.44. The zero-order chi connectivity index (χ0) is 14.6. The van der Waals surface area contributed by atoms with Crippen molar-refractivity contribution in [1.29, 1.82) is 0 Å². The minimum Gasteiger partial charge on any atom is -0.196 e. The molecule has 0 unspecified atom stereocenters. The van der Waals surface area contributed by atoms with Gasteiger partial charge in [0, 0.05) is 11.1 Å². The first-order valence-corrected chi connectivity index (χ1v) is 6.51. The molecule has 0 aromatic heterocycles. The van der Waals surface area contributed by atoms with Crippen LogP contribution in [0.3, 0.4) is 0 Å². The van der Waals surface area contributed by atoms with Gasteiger partial charge in [-0.3, -0.25) is 0 Å². The highest BCUT2D eigenvalue weighted by atomic mass is 19.3. The van der Waals surface area contributed by atoms with Gasteiger partial charge in [0.15, 0.2) is 0 Å². The van der Waals surface area contributed by atoms with Crippen LogP contribution < -0.4 is 0 Å². The molecule has 2 rings (SSSR count). The standard InChI is InChI=1S/C15H14F2.C2H6/c1-4-6-13-11(5-2)12-8-7-10(3)9-14(12)15(13,16)17;1-2/h4-9H,2H2,1,3H3;1-2H3/b6-4-;. The Balaban J connectivity index is 0.000000861. The second-order valence-electron chi connectivity index (χ2n) is 4.15. The molecule has 0 bridgehead atoms. The van der Waals surface area contributed by atoms with Crippen molar-refractivity contribution in [3.8, 4) is 0 Å². The number of hydrogen-bond acceptors (Lipinski definition) is 0. The molecule has 0 N–H and O–H groups in total. The summed E-state index contributed by atoms with van der Waals surface area (Å²) < 4.78 is 28.5. The average Bonchev–Trinajstić information content (AvgIpc) is 2.61. The third-order valence-corrected chi connectivity index (χ3v) is 2.97. The number of rotatable bonds is 2. The Hall–Kier alpha value is -1.70. The van der Waals surface area contributed by atoms with Crippen LogP contribution >= 0.6 is 0 Å². The van der Waals surface area contributed by atoms with Gasteiger partial charge in [-0.15, -0.1) is 0 Å². The first-order chi connectivity index (χ1) is 9.02. The van der Waals surface area contributed by atoms with E-state index in [1.165, 1.54) is 12.2 Å². The van der Waals surface area contributed by atoms with Gasteiger partial charge in [-0.25, -0.2) is 0 Å². The van der Waals surface area contributed by atoms with E-state index in [1.54, 1.807) is 25.1 Å². The molecule has 0 radical (unpaired) electrons. The quantitative estimate of drug-likeness (QED) is 0.646. The number of aryl methyl sites for hydroxylation is 1. The van der Waals surface area contributed by atoms with E-state index in [0.717, 1.165) is 5.56 Å². The lowest BCUT2D eigenvalue weighted by Gasteiger charge is -2.13. The number of allylic oxidation sites excluding steroid dienone is 5. The molecule has 0 spiro atoms. The zero-order valence-electron chi connectivity index (χ0n) is 11.9. The van der Waals surface area contributed by atoms with Crippen molar-refractivity contribution >= 4 is 5.57 Å². The fourth-order valence-electron chi connectivity index (χ4n) is 2.19. The molecule has 2 heteroatoms. The summed E-state index contributed by atoms with van der Waals surface area (Å²) in [7, 11) is 0. The third kappa shape index (κ3) is 2.53. The van der Waals surface area contributed by atoms with Gasteiger partial charge in [-0.2, -0.15) is 8.78 Å². The maximum absolute atomic E-state index is 14.2. The van der Waals surface area contributed by atoms with Crippen LogP contribution in [0.15, 0.2) is 48.6 Å². The summed E-state index contributed by atoms with van der Waals surface area (Å²) in [4.78, 5) is 0. The average molecular weight is 262 g/mol. The Labute approximate surface area is 114 Å². The Morgan fingerprint density at radius 2 is 1.84 bits per heavy atom. The van der Waals surface area contributed by atoms with E-state index in [-0.39, 0.29) is 11.1 Å². The highest BCUT2D eigenvalue weighted by molar-refractivity contribution is 5.86. The summed E-state index contributed by atoms with van der Waals surface area (Å²) in [5, 5.41) is 0. The fourth-order valence-corrected chi connectivity index (χ4v) is 2.19. The third-order valence-electron chi connectivity index (χ3n) is 2.97. The molecule has 0 atom stereocenters. The smallest absolute Gasteiger partial charge is 0.196 e. The largest absolute Gasteiger partial charge is 0.299 e. The number of hydrogen-bond donors (Lipinski definition) is 0. The fraction of sp³-hybridized carbons (Fsp3) is 0.294. The van der Waals surface area contributed by atoms with Crippen molar-refractivity contribution in [2.75, 3.05) is 0 Å². The molecule has 1 aromatic carbocycles. The first kappa shape index (κ1) is 15.4. The maximum atomic E-state index is 14.2. The predicted octanol–water partition coefficient (Wildman–Crippen LogP) is 5.64. The molecule has 0 amide bonds. The summed E-state index contributed by atoms with van der Waals surface area (Å²) in [5.74, 6) is -2.92. The minimum absolute atomic E-state index is 0.0376. The zero-order valence-corrected chi connectivity index (χ0v) is 11.9. The van der Waals surface area contributed by atoms with Crippen molar-refractivity contribution in [3.05, 3.63) is 65.3 Å². The Bertz CT molecular complexity index is 534. The van der Waals surface area contributed by atoms with Crippen molar-refractivity contribution in [2.24, 2.45) is 0 Å². The SMILES string of the molecule is C=CC1=C(/C=C\C)C(F)(F)c2cc(C)ccc21.CC. The van der Waals surface area contributed by atoms with E-state index in [0.29, 0.717) is 11.1 Å². The molecule has 1 aliphatic rings. The monoisotopic (exact) mass is 262 g/mol. The number of benzene rings is 1. The molecule has 1 aromatic rings. The summed E-state index contributed by atoms with van der Waals surface area (Å²) in [6, 6.07) is 5.14. The van der Waals surface area contributed by atoms with Crippen molar-refractivity contribution < 1.29 is 8.78 Å². The lowest BCUT2D eigenvalue weighted by atomic mass is 10.0. The predicted molar refractivity (Wildman–Crippen MR) is 78.4 cm³/mol. The lowest BCUT2D eigenvalue weighted by Crippen LogP contribution is -2.12. The molecular formula is C17H20F2.